The minimum atomic E-state index is -4.78. The number of rotatable bonds is 3. The number of alkyl halides is 3. The summed E-state index contributed by atoms with van der Waals surface area (Å²) in [5, 5.41) is 3.12. The highest BCUT2D eigenvalue weighted by molar-refractivity contribution is 7.80. The van der Waals surface area contributed by atoms with Crippen LogP contribution < -0.4 is 20.9 Å². The number of carbonyl (C=O) groups is 1. The third-order valence-electron chi connectivity index (χ3n) is 3.49. The molecule has 5 nitrogen and oxygen atoms in total. The van der Waals surface area contributed by atoms with Gasteiger partial charge in [-0.25, -0.2) is 0 Å². The van der Waals surface area contributed by atoms with Crippen LogP contribution in [-0.2, 0) is 0 Å². The van der Waals surface area contributed by atoms with Gasteiger partial charge < -0.3 is 10.1 Å². The summed E-state index contributed by atoms with van der Waals surface area (Å²) in [7, 11) is 0. The zero-order valence-corrected chi connectivity index (χ0v) is 14.7. The van der Waals surface area contributed by atoms with Crippen LogP contribution >= 0.6 is 12.2 Å². The van der Waals surface area contributed by atoms with E-state index in [1.807, 2.05) is 32.0 Å². The molecule has 0 heterocycles. The molecule has 0 radical (unpaired) electrons. The Hall–Kier alpha value is -2.81. The average molecular weight is 383 g/mol. The van der Waals surface area contributed by atoms with E-state index in [0.717, 1.165) is 28.9 Å². The second-order valence-corrected chi connectivity index (χ2v) is 5.76. The van der Waals surface area contributed by atoms with Crippen LogP contribution in [0.1, 0.15) is 21.5 Å². The Labute approximate surface area is 153 Å². The number of carbonyl (C=O) groups excluding carboxylic acids is 1. The monoisotopic (exact) mass is 383 g/mol. The van der Waals surface area contributed by atoms with E-state index in [1.165, 1.54) is 12.1 Å². The van der Waals surface area contributed by atoms with Gasteiger partial charge in [-0.05, 0) is 67.5 Å². The largest absolute Gasteiger partial charge is 0.573 e. The normalized spacial score (nSPS) is 10.8. The molecule has 0 fully saturated rings. The zero-order chi connectivity index (χ0) is 19.3. The number of thiocarbonyl (C=S) groups is 1. The van der Waals surface area contributed by atoms with E-state index < -0.39 is 18.0 Å². The molecule has 0 aliphatic heterocycles. The number of hydrazine groups is 1. The van der Waals surface area contributed by atoms with Gasteiger partial charge in [0.2, 0.25) is 0 Å². The fourth-order valence-electron chi connectivity index (χ4n) is 2.03. The molecule has 0 saturated heterocycles. The van der Waals surface area contributed by atoms with E-state index in [4.69, 9.17) is 12.2 Å². The lowest BCUT2D eigenvalue weighted by atomic mass is 10.1. The summed E-state index contributed by atoms with van der Waals surface area (Å²) in [6, 6.07) is 10.2. The van der Waals surface area contributed by atoms with Crippen molar-refractivity contribution < 1.29 is 22.7 Å². The van der Waals surface area contributed by atoms with Crippen LogP contribution in [-0.4, -0.2) is 17.4 Å². The predicted octanol–water partition coefficient (Wildman–Crippen LogP) is 3.83. The average Bonchev–Trinajstić information content (AvgIpc) is 2.56. The van der Waals surface area contributed by atoms with Crippen LogP contribution in [0.4, 0.5) is 18.9 Å². The Balaban J connectivity index is 1.89. The molecule has 0 saturated carbocycles. The van der Waals surface area contributed by atoms with Crippen LogP contribution in [0.3, 0.4) is 0 Å². The van der Waals surface area contributed by atoms with Gasteiger partial charge in [0.15, 0.2) is 5.11 Å². The molecule has 2 aromatic carbocycles. The van der Waals surface area contributed by atoms with E-state index in [9.17, 15) is 18.0 Å². The van der Waals surface area contributed by atoms with E-state index in [0.29, 0.717) is 0 Å². The first-order chi connectivity index (χ1) is 12.2. The molecule has 0 aromatic heterocycles. The molecule has 9 heteroatoms. The quantitative estimate of drug-likeness (QED) is 0.555. The van der Waals surface area contributed by atoms with Crippen molar-refractivity contribution in [2.24, 2.45) is 0 Å². The highest BCUT2D eigenvalue weighted by Gasteiger charge is 2.31. The number of hydrogen-bond acceptors (Lipinski definition) is 3. The lowest BCUT2D eigenvalue weighted by Gasteiger charge is -2.14. The molecular weight excluding hydrogens is 367 g/mol. The van der Waals surface area contributed by atoms with Crippen molar-refractivity contribution in [2.75, 3.05) is 5.32 Å². The molecule has 0 atom stereocenters. The Morgan fingerprint density at radius 1 is 1.04 bits per heavy atom. The summed E-state index contributed by atoms with van der Waals surface area (Å²) >= 11 is 5.11. The van der Waals surface area contributed by atoms with Gasteiger partial charge in [0.1, 0.15) is 5.75 Å². The van der Waals surface area contributed by atoms with Crippen molar-refractivity contribution in [3.8, 4) is 5.75 Å². The highest BCUT2D eigenvalue weighted by Crippen LogP contribution is 2.22. The van der Waals surface area contributed by atoms with Crippen molar-refractivity contribution in [1.29, 1.82) is 0 Å². The maximum absolute atomic E-state index is 12.1. The van der Waals surface area contributed by atoms with E-state index in [1.54, 1.807) is 0 Å². The molecule has 3 N–H and O–H groups in total. The topological polar surface area (TPSA) is 62.4 Å². The van der Waals surface area contributed by atoms with Crippen LogP contribution in [0.2, 0.25) is 0 Å². The Bertz CT molecular complexity index is 808. The van der Waals surface area contributed by atoms with Crippen molar-refractivity contribution in [3.05, 3.63) is 59.2 Å². The fraction of sp³-hybridized carbons (Fsp3) is 0.176. The lowest BCUT2D eigenvalue weighted by molar-refractivity contribution is -0.274. The van der Waals surface area contributed by atoms with Crippen LogP contribution in [0.25, 0.3) is 0 Å². The van der Waals surface area contributed by atoms with Crippen LogP contribution in [0.15, 0.2) is 42.5 Å². The molecule has 0 spiro atoms. The van der Waals surface area contributed by atoms with E-state index >= 15 is 0 Å². The molecule has 0 bridgehead atoms. The molecule has 138 valence electrons. The van der Waals surface area contributed by atoms with E-state index in [-0.39, 0.29) is 10.7 Å². The van der Waals surface area contributed by atoms with Gasteiger partial charge in [0.25, 0.3) is 5.91 Å². The first-order valence-corrected chi connectivity index (χ1v) is 7.86. The van der Waals surface area contributed by atoms with Gasteiger partial charge in [-0.2, -0.15) is 0 Å². The second-order valence-electron chi connectivity index (χ2n) is 5.35. The van der Waals surface area contributed by atoms with E-state index in [2.05, 4.69) is 20.9 Å². The molecule has 0 aliphatic rings. The maximum Gasteiger partial charge on any atom is 0.573 e. The van der Waals surface area contributed by atoms with Gasteiger partial charge in [0.05, 0.1) is 0 Å². The summed E-state index contributed by atoms with van der Waals surface area (Å²) in [6.45, 7) is 3.90. The third kappa shape index (κ3) is 5.62. The smallest absolute Gasteiger partial charge is 0.406 e. The molecule has 0 unspecified atom stereocenters. The molecule has 2 rings (SSSR count). The van der Waals surface area contributed by atoms with Crippen molar-refractivity contribution in [2.45, 2.75) is 20.2 Å². The molecular formula is C17H16F3N3O2S. The van der Waals surface area contributed by atoms with Gasteiger partial charge in [-0.15, -0.1) is 13.2 Å². The summed E-state index contributed by atoms with van der Waals surface area (Å²) in [4.78, 5) is 12.0. The van der Waals surface area contributed by atoms with Gasteiger partial charge in [0, 0.05) is 11.3 Å². The van der Waals surface area contributed by atoms with Gasteiger partial charge >= 0.3 is 6.36 Å². The number of amides is 1. The number of nitrogens with one attached hydrogen (secondary N) is 3. The summed E-state index contributed by atoms with van der Waals surface area (Å²) in [5.74, 6) is -0.970. The minimum Gasteiger partial charge on any atom is -0.406 e. The Kier molecular flexibility index (Phi) is 6.04. The standard InChI is InChI=1S/C17H16F3N3O2S/c1-10-4-3-5-14(11(10)2)21-16(26)23-22-15(24)12-6-8-13(9-7-12)25-17(18,19)20/h3-9H,1-2H3,(H,22,24)(H2,21,23,26). The Morgan fingerprint density at radius 2 is 1.69 bits per heavy atom. The first-order valence-electron chi connectivity index (χ1n) is 7.45. The van der Waals surface area contributed by atoms with Crippen molar-refractivity contribution >= 4 is 28.9 Å². The predicted molar refractivity (Wildman–Crippen MR) is 95.9 cm³/mol. The lowest BCUT2D eigenvalue weighted by Crippen LogP contribution is -2.43. The minimum absolute atomic E-state index is 0.140. The summed E-state index contributed by atoms with van der Waals surface area (Å²) in [6.07, 6.45) is -4.78. The molecule has 1 amide bonds. The number of hydrogen-bond donors (Lipinski definition) is 3. The second kappa shape index (κ2) is 8.05. The summed E-state index contributed by atoms with van der Waals surface area (Å²) < 4.78 is 40.1. The number of halogens is 3. The molecule has 26 heavy (non-hydrogen) atoms. The zero-order valence-electron chi connectivity index (χ0n) is 13.9. The van der Waals surface area contributed by atoms with Gasteiger partial charge in [-0.3, -0.25) is 15.6 Å². The summed E-state index contributed by atoms with van der Waals surface area (Å²) in [5.41, 5.74) is 7.94. The number of benzene rings is 2. The Morgan fingerprint density at radius 3 is 2.31 bits per heavy atom. The van der Waals surface area contributed by atoms with Crippen LogP contribution in [0.5, 0.6) is 5.75 Å². The van der Waals surface area contributed by atoms with Crippen molar-refractivity contribution in [1.82, 2.24) is 10.9 Å². The van der Waals surface area contributed by atoms with Gasteiger partial charge in [-0.1, -0.05) is 12.1 Å². The molecule has 0 aliphatic carbocycles. The maximum atomic E-state index is 12.1. The van der Waals surface area contributed by atoms with Crippen LogP contribution in [0, 0.1) is 13.8 Å². The highest BCUT2D eigenvalue weighted by atomic mass is 32.1. The SMILES string of the molecule is Cc1cccc(NC(=S)NNC(=O)c2ccc(OC(F)(F)F)cc2)c1C. The first kappa shape index (κ1) is 19.5. The van der Waals surface area contributed by atoms with Crippen molar-refractivity contribution in [3.63, 3.8) is 0 Å². The number of anilines is 1. The number of aryl methyl sites for hydroxylation is 1. The third-order valence-corrected chi connectivity index (χ3v) is 3.70. The molecule has 2 aromatic rings. The fourth-order valence-corrected chi connectivity index (χ4v) is 2.19. The number of ether oxygens (including phenoxy) is 1.